The second-order valence-electron chi connectivity index (χ2n) is 7.84. The highest BCUT2D eigenvalue weighted by atomic mass is 35.5. The largest absolute Gasteiger partial charge is 0.497 e. The molecule has 0 radical (unpaired) electrons. The molecule has 0 aliphatic carbocycles. The van der Waals surface area contributed by atoms with Crippen molar-refractivity contribution in [2.45, 2.75) is 26.3 Å². The van der Waals surface area contributed by atoms with Gasteiger partial charge in [-0.2, -0.15) is 5.10 Å². The van der Waals surface area contributed by atoms with Crippen molar-refractivity contribution in [3.8, 4) is 5.75 Å². The summed E-state index contributed by atoms with van der Waals surface area (Å²) >= 11 is 6.40. The SMILES string of the molecule is COc1ccc2cc(C(=O)C3CCCN(Cc4c(C)nn(C)c4Cl)C3)ccc2c1. The van der Waals surface area contributed by atoms with Crippen molar-refractivity contribution < 1.29 is 9.53 Å². The maximum absolute atomic E-state index is 13.2. The Labute approximate surface area is 176 Å². The third-order valence-electron chi connectivity index (χ3n) is 5.86. The van der Waals surface area contributed by atoms with Crippen molar-refractivity contribution in [2.24, 2.45) is 13.0 Å². The zero-order valence-electron chi connectivity index (χ0n) is 17.1. The van der Waals surface area contributed by atoms with Gasteiger partial charge >= 0.3 is 0 Å². The first-order valence-corrected chi connectivity index (χ1v) is 10.4. The quantitative estimate of drug-likeness (QED) is 0.574. The molecule has 3 aromatic rings. The number of fused-ring (bicyclic) bond motifs is 1. The average Bonchev–Trinajstić information content (AvgIpc) is 2.98. The summed E-state index contributed by atoms with van der Waals surface area (Å²) in [5.74, 6) is 1.06. The van der Waals surface area contributed by atoms with Gasteiger partial charge in [-0.05, 0) is 55.3 Å². The van der Waals surface area contributed by atoms with Crippen LogP contribution < -0.4 is 4.74 Å². The molecule has 2 aromatic carbocycles. The van der Waals surface area contributed by atoms with Crippen LogP contribution in [0.3, 0.4) is 0 Å². The minimum absolute atomic E-state index is 0.00945. The predicted molar refractivity (Wildman–Crippen MR) is 116 cm³/mol. The van der Waals surface area contributed by atoms with Crippen LogP contribution in [-0.2, 0) is 13.6 Å². The molecule has 0 saturated carbocycles. The summed E-state index contributed by atoms with van der Waals surface area (Å²) < 4.78 is 7.00. The van der Waals surface area contributed by atoms with Crippen LogP contribution in [0.2, 0.25) is 5.15 Å². The number of aromatic nitrogens is 2. The number of ether oxygens (including phenoxy) is 1. The van der Waals surface area contributed by atoms with Gasteiger partial charge in [0, 0.05) is 37.2 Å². The number of carbonyl (C=O) groups is 1. The number of benzene rings is 2. The zero-order chi connectivity index (χ0) is 20.5. The number of piperidine rings is 1. The molecule has 1 atom stereocenters. The van der Waals surface area contributed by atoms with E-state index in [-0.39, 0.29) is 11.7 Å². The van der Waals surface area contributed by atoms with Gasteiger partial charge in [-0.1, -0.05) is 29.8 Å². The van der Waals surface area contributed by atoms with Crippen LogP contribution in [0.1, 0.15) is 34.5 Å². The van der Waals surface area contributed by atoms with Crippen LogP contribution in [-0.4, -0.2) is 40.7 Å². The van der Waals surface area contributed by atoms with Gasteiger partial charge in [-0.25, -0.2) is 0 Å². The first-order valence-electron chi connectivity index (χ1n) is 9.98. The molecule has 1 aliphatic rings. The van der Waals surface area contributed by atoms with E-state index in [0.29, 0.717) is 5.15 Å². The van der Waals surface area contributed by atoms with E-state index in [1.54, 1.807) is 11.8 Å². The van der Waals surface area contributed by atoms with E-state index in [1.165, 1.54) is 0 Å². The van der Waals surface area contributed by atoms with Crippen LogP contribution in [0.4, 0.5) is 0 Å². The highest BCUT2D eigenvalue weighted by Gasteiger charge is 2.28. The maximum atomic E-state index is 13.2. The summed E-state index contributed by atoms with van der Waals surface area (Å²) in [6.45, 7) is 4.45. The second-order valence-corrected chi connectivity index (χ2v) is 8.20. The number of halogens is 1. The monoisotopic (exact) mass is 411 g/mol. The van der Waals surface area contributed by atoms with Gasteiger partial charge in [0.25, 0.3) is 0 Å². The molecule has 1 fully saturated rings. The van der Waals surface area contributed by atoms with Crippen molar-refractivity contribution >= 4 is 28.2 Å². The van der Waals surface area contributed by atoms with E-state index in [4.69, 9.17) is 16.3 Å². The van der Waals surface area contributed by atoms with E-state index in [1.807, 2.05) is 50.4 Å². The van der Waals surface area contributed by atoms with Gasteiger partial charge in [0.1, 0.15) is 10.9 Å². The summed E-state index contributed by atoms with van der Waals surface area (Å²) in [4.78, 5) is 15.5. The topological polar surface area (TPSA) is 47.4 Å². The summed E-state index contributed by atoms with van der Waals surface area (Å²) in [5, 5.41) is 7.22. The second kappa shape index (κ2) is 8.17. The molecule has 2 heterocycles. The molecule has 1 aliphatic heterocycles. The van der Waals surface area contributed by atoms with Crippen molar-refractivity contribution in [1.82, 2.24) is 14.7 Å². The molecule has 5 nitrogen and oxygen atoms in total. The lowest BCUT2D eigenvalue weighted by Gasteiger charge is -2.32. The predicted octanol–water partition coefficient (Wildman–Crippen LogP) is 4.64. The first kappa shape index (κ1) is 19.9. The molecule has 1 aromatic heterocycles. The summed E-state index contributed by atoms with van der Waals surface area (Å²) in [6, 6.07) is 11.9. The number of rotatable bonds is 5. The van der Waals surface area contributed by atoms with Crippen LogP contribution in [0, 0.1) is 12.8 Å². The fourth-order valence-corrected chi connectivity index (χ4v) is 4.46. The summed E-state index contributed by atoms with van der Waals surface area (Å²) in [6.07, 6.45) is 1.94. The Morgan fingerprint density at radius 2 is 2.00 bits per heavy atom. The number of carbonyl (C=O) groups excluding carboxylic acids is 1. The minimum Gasteiger partial charge on any atom is -0.497 e. The standard InChI is InChI=1S/C23H26ClN3O2/c1-15-21(23(24)26(2)25-15)14-27-10-4-5-19(13-27)22(28)18-7-6-17-12-20(29-3)9-8-16(17)11-18/h6-9,11-12,19H,4-5,10,13-14H2,1-3H3. The molecule has 0 amide bonds. The number of aryl methyl sites for hydroxylation is 2. The number of likely N-dealkylation sites (tertiary alicyclic amines) is 1. The number of Topliss-reactive ketones (excluding diaryl/α,β-unsaturated/α-hetero) is 1. The highest BCUT2D eigenvalue weighted by Crippen LogP contribution is 2.28. The maximum Gasteiger partial charge on any atom is 0.167 e. The Bertz CT molecular complexity index is 1060. The van der Waals surface area contributed by atoms with Gasteiger partial charge in [-0.15, -0.1) is 0 Å². The van der Waals surface area contributed by atoms with Crippen LogP contribution >= 0.6 is 11.6 Å². The Kier molecular flexibility index (Phi) is 5.61. The smallest absolute Gasteiger partial charge is 0.167 e. The third-order valence-corrected chi connectivity index (χ3v) is 6.33. The number of nitrogens with zero attached hydrogens (tertiary/aromatic N) is 3. The van der Waals surface area contributed by atoms with E-state index in [2.05, 4.69) is 10.00 Å². The number of methoxy groups -OCH3 is 1. The highest BCUT2D eigenvalue weighted by molar-refractivity contribution is 6.30. The molecule has 6 heteroatoms. The molecule has 1 saturated heterocycles. The van der Waals surface area contributed by atoms with Crippen LogP contribution in [0.15, 0.2) is 36.4 Å². The lowest BCUT2D eigenvalue weighted by Crippen LogP contribution is -2.38. The van der Waals surface area contributed by atoms with Crippen molar-refractivity contribution in [1.29, 1.82) is 0 Å². The van der Waals surface area contributed by atoms with Crippen molar-refractivity contribution in [3.63, 3.8) is 0 Å². The van der Waals surface area contributed by atoms with E-state index in [0.717, 1.165) is 65.8 Å². The van der Waals surface area contributed by atoms with Gasteiger partial charge < -0.3 is 4.74 Å². The number of ketones is 1. The summed E-state index contributed by atoms with van der Waals surface area (Å²) in [7, 11) is 3.52. The van der Waals surface area contributed by atoms with E-state index < -0.39 is 0 Å². The molecule has 0 N–H and O–H groups in total. The molecule has 152 valence electrons. The number of hydrogen-bond donors (Lipinski definition) is 0. The fraction of sp³-hybridized carbons (Fsp3) is 0.391. The Morgan fingerprint density at radius 1 is 1.24 bits per heavy atom. The fourth-order valence-electron chi connectivity index (χ4n) is 4.23. The minimum atomic E-state index is 0.00945. The molecule has 0 spiro atoms. The van der Waals surface area contributed by atoms with Crippen LogP contribution in [0.25, 0.3) is 10.8 Å². The Balaban J connectivity index is 1.50. The van der Waals surface area contributed by atoms with E-state index in [9.17, 15) is 4.79 Å². The molecule has 1 unspecified atom stereocenters. The van der Waals surface area contributed by atoms with Gasteiger partial charge in [0.2, 0.25) is 0 Å². The average molecular weight is 412 g/mol. The van der Waals surface area contributed by atoms with Gasteiger partial charge in [0.15, 0.2) is 5.78 Å². The molecule has 29 heavy (non-hydrogen) atoms. The number of hydrogen-bond acceptors (Lipinski definition) is 4. The molecular formula is C23H26ClN3O2. The molecular weight excluding hydrogens is 386 g/mol. The molecule has 4 rings (SSSR count). The third kappa shape index (κ3) is 4.02. The normalized spacial score (nSPS) is 17.6. The van der Waals surface area contributed by atoms with Gasteiger partial charge in [0.05, 0.1) is 12.8 Å². The molecule has 0 bridgehead atoms. The first-order chi connectivity index (χ1) is 14.0. The van der Waals surface area contributed by atoms with Gasteiger partial charge in [-0.3, -0.25) is 14.4 Å². The zero-order valence-corrected chi connectivity index (χ0v) is 17.9. The Hall–Kier alpha value is -2.37. The summed E-state index contributed by atoms with van der Waals surface area (Å²) in [5.41, 5.74) is 2.79. The van der Waals surface area contributed by atoms with Crippen molar-refractivity contribution in [3.05, 3.63) is 58.4 Å². The lowest BCUT2D eigenvalue weighted by molar-refractivity contribution is 0.0811. The van der Waals surface area contributed by atoms with E-state index >= 15 is 0 Å². The lowest BCUT2D eigenvalue weighted by atomic mass is 9.89. The van der Waals surface area contributed by atoms with Crippen LogP contribution in [0.5, 0.6) is 5.75 Å². The Morgan fingerprint density at radius 3 is 2.72 bits per heavy atom. The van der Waals surface area contributed by atoms with Crippen molar-refractivity contribution in [2.75, 3.05) is 20.2 Å².